The molecule has 0 aliphatic carbocycles. The van der Waals surface area contributed by atoms with Crippen molar-refractivity contribution in [1.82, 2.24) is 19.9 Å². The van der Waals surface area contributed by atoms with Gasteiger partial charge in [-0.1, -0.05) is 16.9 Å². The van der Waals surface area contributed by atoms with Crippen LogP contribution in [-0.4, -0.2) is 36.7 Å². The minimum atomic E-state index is -0.892. The molecule has 0 bridgehead atoms. The summed E-state index contributed by atoms with van der Waals surface area (Å²) >= 11 is 1.11. The smallest absolute Gasteiger partial charge is 0.313 e. The SMILES string of the molecule is Cc1cc(-c2nnc(SCC(=O)O)n2C)no1. The summed E-state index contributed by atoms with van der Waals surface area (Å²) in [5.41, 5.74) is 0.583. The Morgan fingerprint density at radius 1 is 1.59 bits per heavy atom. The van der Waals surface area contributed by atoms with Crippen LogP contribution in [0.4, 0.5) is 0 Å². The molecule has 0 aromatic carbocycles. The van der Waals surface area contributed by atoms with Gasteiger partial charge < -0.3 is 14.2 Å². The molecule has 0 radical (unpaired) electrons. The molecule has 0 saturated heterocycles. The van der Waals surface area contributed by atoms with Gasteiger partial charge in [0.2, 0.25) is 0 Å². The highest BCUT2D eigenvalue weighted by molar-refractivity contribution is 7.99. The van der Waals surface area contributed by atoms with Crippen molar-refractivity contribution >= 4 is 17.7 Å². The van der Waals surface area contributed by atoms with Gasteiger partial charge in [-0.3, -0.25) is 4.79 Å². The molecule has 0 fully saturated rings. The summed E-state index contributed by atoms with van der Waals surface area (Å²) in [6.07, 6.45) is 0. The molecule has 0 atom stereocenters. The van der Waals surface area contributed by atoms with Gasteiger partial charge in [-0.2, -0.15) is 0 Å². The normalized spacial score (nSPS) is 10.7. The maximum Gasteiger partial charge on any atom is 0.313 e. The second-order valence-electron chi connectivity index (χ2n) is 3.37. The van der Waals surface area contributed by atoms with Crippen molar-refractivity contribution in [3.8, 4) is 11.5 Å². The first-order chi connectivity index (χ1) is 8.08. The average Bonchev–Trinajstić information content (AvgIpc) is 2.82. The molecule has 7 nitrogen and oxygen atoms in total. The second kappa shape index (κ2) is 4.58. The fourth-order valence-electron chi connectivity index (χ4n) is 1.26. The Labute approximate surface area is 101 Å². The van der Waals surface area contributed by atoms with E-state index in [-0.39, 0.29) is 5.75 Å². The van der Waals surface area contributed by atoms with E-state index < -0.39 is 5.97 Å². The van der Waals surface area contributed by atoms with Crippen LogP contribution in [0.1, 0.15) is 5.76 Å². The predicted octanol–water partition coefficient (Wildman–Crippen LogP) is 0.955. The third-order valence-corrected chi connectivity index (χ3v) is 3.02. The summed E-state index contributed by atoms with van der Waals surface area (Å²) in [6.45, 7) is 1.78. The molecule has 0 aliphatic heterocycles. The molecule has 90 valence electrons. The Morgan fingerprint density at radius 2 is 2.35 bits per heavy atom. The van der Waals surface area contributed by atoms with Gasteiger partial charge in [-0.05, 0) is 6.92 Å². The van der Waals surface area contributed by atoms with Gasteiger partial charge in [0.1, 0.15) is 5.76 Å². The van der Waals surface area contributed by atoms with Crippen LogP contribution in [0.5, 0.6) is 0 Å². The Kier molecular flexibility index (Phi) is 3.14. The highest BCUT2D eigenvalue weighted by Crippen LogP contribution is 2.21. The summed E-state index contributed by atoms with van der Waals surface area (Å²) in [6, 6.07) is 1.75. The van der Waals surface area contributed by atoms with Gasteiger partial charge >= 0.3 is 5.97 Å². The van der Waals surface area contributed by atoms with Gasteiger partial charge in [0.25, 0.3) is 0 Å². The van der Waals surface area contributed by atoms with Crippen molar-refractivity contribution in [3.05, 3.63) is 11.8 Å². The lowest BCUT2D eigenvalue weighted by Crippen LogP contribution is -2.01. The van der Waals surface area contributed by atoms with E-state index in [2.05, 4.69) is 15.4 Å². The largest absolute Gasteiger partial charge is 0.481 e. The number of aromatic nitrogens is 4. The van der Waals surface area contributed by atoms with E-state index in [1.54, 1.807) is 24.6 Å². The Balaban J connectivity index is 2.23. The maximum absolute atomic E-state index is 10.5. The lowest BCUT2D eigenvalue weighted by atomic mass is 10.3. The van der Waals surface area contributed by atoms with Gasteiger partial charge in [0.05, 0.1) is 5.75 Å². The molecule has 0 amide bonds. The van der Waals surface area contributed by atoms with E-state index >= 15 is 0 Å². The molecule has 2 aromatic rings. The number of hydrogen-bond donors (Lipinski definition) is 1. The molecule has 8 heteroatoms. The number of aliphatic carboxylic acids is 1. The lowest BCUT2D eigenvalue weighted by Gasteiger charge is -1.99. The third-order valence-electron chi connectivity index (χ3n) is 2.02. The zero-order valence-electron chi connectivity index (χ0n) is 9.25. The quantitative estimate of drug-likeness (QED) is 0.812. The van der Waals surface area contributed by atoms with Crippen LogP contribution in [-0.2, 0) is 11.8 Å². The number of carbonyl (C=O) groups is 1. The number of carboxylic acids is 1. The second-order valence-corrected chi connectivity index (χ2v) is 4.31. The van der Waals surface area contributed by atoms with Crippen LogP contribution >= 0.6 is 11.8 Å². The van der Waals surface area contributed by atoms with Crippen molar-refractivity contribution in [2.75, 3.05) is 5.75 Å². The first kappa shape index (κ1) is 11.6. The molecule has 0 saturated carbocycles. The van der Waals surface area contributed by atoms with E-state index in [0.29, 0.717) is 22.4 Å². The van der Waals surface area contributed by atoms with Crippen LogP contribution in [0.15, 0.2) is 15.7 Å². The maximum atomic E-state index is 10.5. The molecule has 0 aliphatic rings. The van der Waals surface area contributed by atoms with Gasteiger partial charge in [-0.15, -0.1) is 10.2 Å². The van der Waals surface area contributed by atoms with Crippen molar-refractivity contribution < 1.29 is 14.4 Å². The molecule has 17 heavy (non-hydrogen) atoms. The minimum absolute atomic E-state index is 0.0518. The third kappa shape index (κ3) is 2.47. The first-order valence-electron chi connectivity index (χ1n) is 4.75. The molecule has 2 heterocycles. The summed E-state index contributed by atoms with van der Waals surface area (Å²) in [5.74, 6) is 0.290. The van der Waals surface area contributed by atoms with E-state index in [1.165, 1.54) is 0 Å². The topological polar surface area (TPSA) is 94.0 Å². The highest BCUT2D eigenvalue weighted by atomic mass is 32.2. The number of carboxylic acid groups (broad SMARTS) is 1. The summed E-state index contributed by atoms with van der Waals surface area (Å²) in [7, 11) is 1.75. The van der Waals surface area contributed by atoms with Gasteiger partial charge in [-0.25, -0.2) is 0 Å². The Morgan fingerprint density at radius 3 is 2.94 bits per heavy atom. The van der Waals surface area contributed by atoms with E-state index in [1.807, 2.05) is 0 Å². The first-order valence-corrected chi connectivity index (χ1v) is 5.74. The number of hydrogen-bond acceptors (Lipinski definition) is 6. The summed E-state index contributed by atoms with van der Waals surface area (Å²) in [5, 5.41) is 20.8. The average molecular weight is 254 g/mol. The molecule has 0 spiro atoms. The minimum Gasteiger partial charge on any atom is -0.481 e. The van der Waals surface area contributed by atoms with Gasteiger partial charge in [0, 0.05) is 13.1 Å². The summed E-state index contributed by atoms with van der Waals surface area (Å²) in [4.78, 5) is 10.5. The van der Waals surface area contributed by atoms with Crippen molar-refractivity contribution in [3.63, 3.8) is 0 Å². The predicted molar refractivity (Wildman–Crippen MR) is 59.6 cm³/mol. The van der Waals surface area contributed by atoms with Gasteiger partial charge in [0.15, 0.2) is 16.7 Å². The van der Waals surface area contributed by atoms with Crippen LogP contribution in [0.3, 0.4) is 0 Å². The molecule has 2 rings (SSSR count). The molecular weight excluding hydrogens is 244 g/mol. The lowest BCUT2D eigenvalue weighted by molar-refractivity contribution is -0.133. The standard InChI is InChI=1S/C9H10N4O3S/c1-5-3-6(12-16-5)8-10-11-9(13(8)2)17-4-7(14)15/h3H,4H2,1-2H3,(H,14,15). The Bertz CT molecular complexity index is 548. The fourth-order valence-corrected chi connectivity index (χ4v) is 1.89. The molecule has 1 N–H and O–H groups in total. The number of aryl methyl sites for hydroxylation is 1. The van der Waals surface area contributed by atoms with Crippen molar-refractivity contribution in [2.45, 2.75) is 12.1 Å². The van der Waals surface area contributed by atoms with Crippen LogP contribution < -0.4 is 0 Å². The Hall–Kier alpha value is -1.83. The van der Waals surface area contributed by atoms with E-state index in [0.717, 1.165) is 11.8 Å². The van der Waals surface area contributed by atoms with E-state index in [9.17, 15) is 4.79 Å². The molecule has 2 aromatic heterocycles. The van der Waals surface area contributed by atoms with Crippen LogP contribution in [0.2, 0.25) is 0 Å². The number of nitrogens with zero attached hydrogens (tertiary/aromatic N) is 4. The molecular formula is C9H10N4O3S. The van der Waals surface area contributed by atoms with E-state index in [4.69, 9.17) is 9.63 Å². The van der Waals surface area contributed by atoms with Crippen molar-refractivity contribution in [1.29, 1.82) is 0 Å². The number of rotatable bonds is 4. The summed E-state index contributed by atoms with van der Waals surface area (Å²) < 4.78 is 6.63. The zero-order valence-corrected chi connectivity index (χ0v) is 10.1. The molecule has 0 unspecified atom stereocenters. The fraction of sp³-hybridized carbons (Fsp3) is 0.333. The monoisotopic (exact) mass is 254 g/mol. The van der Waals surface area contributed by atoms with Crippen molar-refractivity contribution in [2.24, 2.45) is 7.05 Å². The zero-order chi connectivity index (χ0) is 12.4. The highest BCUT2D eigenvalue weighted by Gasteiger charge is 2.15. The number of thioether (sulfide) groups is 1. The van der Waals surface area contributed by atoms with Crippen LogP contribution in [0.25, 0.3) is 11.5 Å². The van der Waals surface area contributed by atoms with Crippen LogP contribution in [0, 0.1) is 6.92 Å².